The SMILES string of the molecule is CCc1ccccc1NC(=O)COC(=O)C(CC)CC. The molecule has 0 saturated heterocycles. The van der Waals surface area contributed by atoms with Crippen molar-refractivity contribution in [1.29, 1.82) is 0 Å². The van der Waals surface area contributed by atoms with Crippen molar-refractivity contribution in [2.45, 2.75) is 40.0 Å². The highest BCUT2D eigenvalue weighted by atomic mass is 16.5. The second-order valence-electron chi connectivity index (χ2n) is 4.68. The zero-order valence-electron chi connectivity index (χ0n) is 12.4. The molecule has 0 unspecified atom stereocenters. The molecule has 0 fully saturated rings. The predicted octanol–water partition coefficient (Wildman–Crippen LogP) is 3.17. The molecule has 0 atom stereocenters. The zero-order valence-corrected chi connectivity index (χ0v) is 12.4. The molecule has 0 aliphatic heterocycles. The van der Waals surface area contributed by atoms with Gasteiger partial charge in [0.1, 0.15) is 0 Å². The Morgan fingerprint density at radius 3 is 2.40 bits per heavy atom. The highest BCUT2D eigenvalue weighted by Crippen LogP contribution is 2.15. The normalized spacial score (nSPS) is 10.4. The van der Waals surface area contributed by atoms with Crippen LogP contribution in [0, 0.1) is 5.92 Å². The summed E-state index contributed by atoms with van der Waals surface area (Å²) in [5, 5.41) is 2.78. The largest absolute Gasteiger partial charge is 0.455 e. The number of anilines is 1. The van der Waals surface area contributed by atoms with E-state index in [1.54, 1.807) is 0 Å². The van der Waals surface area contributed by atoms with E-state index in [0.717, 1.165) is 30.5 Å². The zero-order chi connectivity index (χ0) is 15.0. The van der Waals surface area contributed by atoms with Crippen LogP contribution in [-0.4, -0.2) is 18.5 Å². The van der Waals surface area contributed by atoms with Crippen LogP contribution in [-0.2, 0) is 20.7 Å². The van der Waals surface area contributed by atoms with E-state index in [1.165, 1.54) is 0 Å². The van der Waals surface area contributed by atoms with E-state index in [-0.39, 0.29) is 24.4 Å². The lowest BCUT2D eigenvalue weighted by molar-refractivity contribution is -0.151. The standard InChI is InChI=1S/C16H23NO3/c1-4-12(5-2)16(19)20-11-15(18)17-14-10-8-7-9-13(14)6-3/h7-10,12H,4-6,11H2,1-3H3,(H,17,18). The van der Waals surface area contributed by atoms with Gasteiger partial charge >= 0.3 is 5.97 Å². The molecule has 110 valence electrons. The number of para-hydroxylation sites is 1. The number of hydrogen-bond donors (Lipinski definition) is 1. The van der Waals surface area contributed by atoms with Gasteiger partial charge in [0.2, 0.25) is 0 Å². The molecule has 0 aliphatic rings. The van der Waals surface area contributed by atoms with Crippen molar-refractivity contribution >= 4 is 17.6 Å². The summed E-state index contributed by atoms with van der Waals surface area (Å²) in [7, 11) is 0. The average Bonchev–Trinajstić information content (AvgIpc) is 2.47. The molecule has 1 amide bonds. The molecule has 20 heavy (non-hydrogen) atoms. The van der Waals surface area contributed by atoms with Gasteiger partial charge in [-0.05, 0) is 30.9 Å². The van der Waals surface area contributed by atoms with Gasteiger partial charge in [-0.25, -0.2) is 0 Å². The fraction of sp³-hybridized carbons (Fsp3) is 0.500. The number of nitrogens with one attached hydrogen (secondary N) is 1. The van der Waals surface area contributed by atoms with E-state index < -0.39 is 0 Å². The highest BCUT2D eigenvalue weighted by Gasteiger charge is 2.17. The highest BCUT2D eigenvalue weighted by molar-refractivity contribution is 5.93. The Morgan fingerprint density at radius 1 is 1.15 bits per heavy atom. The first-order valence-electron chi connectivity index (χ1n) is 7.16. The fourth-order valence-corrected chi connectivity index (χ4v) is 2.01. The van der Waals surface area contributed by atoms with Gasteiger partial charge in [-0.15, -0.1) is 0 Å². The minimum absolute atomic E-state index is 0.120. The molecule has 4 nitrogen and oxygen atoms in total. The topological polar surface area (TPSA) is 55.4 Å². The Balaban J connectivity index is 2.50. The van der Waals surface area contributed by atoms with Crippen molar-refractivity contribution in [2.75, 3.05) is 11.9 Å². The minimum Gasteiger partial charge on any atom is -0.455 e. The third-order valence-corrected chi connectivity index (χ3v) is 3.34. The maximum Gasteiger partial charge on any atom is 0.309 e. The number of aryl methyl sites for hydroxylation is 1. The molecule has 0 aliphatic carbocycles. The maximum atomic E-state index is 11.8. The summed E-state index contributed by atoms with van der Waals surface area (Å²) in [4.78, 5) is 23.5. The number of carbonyl (C=O) groups is 2. The molecule has 0 radical (unpaired) electrons. The fourth-order valence-electron chi connectivity index (χ4n) is 2.01. The molecule has 1 aromatic rings. The molecule has 1 N–H and O–H groups in total. The van der Waals surface area contributed by atoms with Gasteiger partial charge in [0, 0.05) is 5.69 Å². The number of benzene rings is 1. The van der Waals surface area contributed by atoms with Crippen LogP contribution < -0.4 is 5.32 Å². The van der Waals surface area contributed by atoms with Gasteiger partial charge in [-0.3, -0.25) is 9.59 Å². The molecular weight excluding hydrogens is 254 g/mol. The first kappa shape index (κ1) is 16.2. The van der Waals surface area contributed by atoms with Crippen molar-refractivity contribution in [3.8, 4) is 0 Å². The monoisotopic (exact) mass is 277 g/mol. The first-order valence-corrected chi connectivity index (χ1v) is 7.16. The molecule has 0 heterocycles. The number of esters is 1. The molecule has 4 heteroatoms. The van der Waals surface area contributed by atoms with Crippen molar-refractivity contribution in [3.63, 3.8) is 0 Å². The van der Waals surface area contributed by atoms with Crippen molar-refractivity contribution in [3.05, 3.63) is 29.8 Å². The lowest BCUT2D eigenvalue weighted by Crippen LogP contribution is -2.24. The third kappa shape index (κ3) is 4.68. The summed E-state index contributed by atoms with van der Waals surface area (Å²) in [5.41, 5.74) is 1.84. The summed E-state index contributed by atoms with van der Waals surface area (Å²) in [5.74, 6) is -0.718. The van der Waals surface area contributed by atoms with Crippen LogP contribution in [0.3, 0.4) is 0 Å². The number of amides is 1. The molecule has 0 saturated carbocycles. The van der Waals surface area contributed by atoms with Crippen LogP contribution in [0.4, 0.5) is 5.69 Å². The molecule has 1 rings (SSSR count). The van der Waals surface area contributed by atoms with Gasteiger partial charge in [0.05, 0.1) is 5.92 Å². The summed E-state index contributed by atoms with van der Waals surface area (Å²) >= 11 is 0. The first-order chi connectivity index (χ1) is 9.62. The van der Waals surface area contributed by atoms with Gasteiger partial charge < -0.3 is 10.1 Å². The predicted molar refractivity (Wildman–Crippen MR) is 79.5 cm³/mol. The molecule has 0 spiro atoms. The third-order valence-electron chi connectivity index (χ3n) is 3.34. The van der Waals surface area contributed by atoms with Gasteiger partial charge in [-0.2, -0.15) is 0 Å². The lowest BCUT2D eigenvalue weighted by Gasteiger charge is -2.13. The second-order valence-corrected chi connectivity index (χ2v) is 4.68. The van der Waals surface area contributed by atoms with Crippen LogP contribution in [0.1, 0.15) is 39.2 Å². The van der Waals surface area contributed by atoms with Gasteiger partial charge in [0.25, 0.3) is 5.91 Å². The van der Waals surface area contributed by atoms with Crippen LogP contribution in [0.5, 0.6) is 0 Å². The number of hydrogen-bond acceptors (Lipinski definition) is 3. The van der Waals surface area contributed by atoms with Gasteiger partial charge in [-0.1, -0.05) is 39.0 Å². The Labute approximate surface area is 120 Å². The van der Waals surface area contributed by atoms with E-state index in [2.05, 4.69) is 5.32 Å². The number of carbonyl (C=O) groups excluding carboxylic acids is 2. The van der Waals surface area contributed by atoms with Crippen LogP contribution >= 0.6 is 0 Å². The van der Waals surface area contributed by atoms with E-state index in [1.807, 2.05) is 45.0 Å². The summed E-state index contributed by atoms with van der Waals surface area (Å²) in [6.45, 7) is 5.67. The molecule has 1 aromatic carbocycles. The summed E-state index contributed by atoms with van der Waals surface area (Å²) < 4.78 is 5.04. The molecule has 0 bridgehead atoms. The quantitative estimate of drug-likeness (QED) is 0.779. The van der Waals surface area contributed by atoms with Gasteiger partial charge in [0.15, 0.2) is 6.61 Å². The van der Waals surface area contributed by atoms with Crippen LogP contribution in [0.2, 0.25) is 0 Å². The average molecular weight is 277 g/mol. The van der Waals surface area contributed by atoms with E-state index in [0.29, 0.717) is 0 Å². The van der Waals surface area contributed by atoms with E-state index in [4.69, 9.17) is 4.74 Å². The summed E-state index contributed by atoms with van der Waals surface area (Å²) in [6.07, 6.45) is 2.30. The van der Waals surface area contributed by atoms with Crippen molar-refractivity contribution in [1.82, 2.24) is 0 Å². The van der Waals surface area contributed by atoms with Crippen LogP contribution in [0.15, 0.2) is 24.3 Å². The van der Waals surface area contributed by atoms with Crippen LogP contribution in [0.25, 0.3) is 0 Å². The van der Waals surface area contributed by atoms with E-state index in [9.17, 15) is 9.59 Å². The minimum atomic E-state index is -0.301. The Hall–Kier alpha value is -1.84. The second kappa shape index (κ2) is 8.35. The Bertz CT molecular complexity index is 453. The summed E-state index contributed by atoms with van der Waals surface area (Å²) in [6, 6.07) is 7.61. The molecule has 0 aromatic heterocycles. The lowest BCUT2D eigenvalue weighted by atomic mass is 10.0. The number of ether oxygens (including phenoxy) is 1. The smallest absolute Gasteiger partial charge is 0.309 e. The number of rotatable bonds is 7. The molecular formula is C16H23NO3. The van der Waals surface area contributed by atoms with Crippen molar-refractivity contribution in [2.24, 2.45) is 5.92 Å². The Kier molecular flexibility index (Phi) is 6.77. The Morgan fingerprint density at radius 2 is 1.80 bits per heavy atom. The van der Waals surface area contributed by atoms with Crippen molar-refractivity contribution < 1.29 is 14.3 Å². The van der Waals surface area contributed by atoms with E-state index >= 15 is 0 Å². The maximum absolute atomic E-state index is 11.8.